The van der Waals surface area contributed by atoms with Gasteiger partial charge in [0.1, 0.15) is 0 Å². The molecule has 0 bridgehead atoms. The van der Waals surface area contributed by atoms with E-state index in [1.165, 1.54) is 24.3 Å². The van der Waals surface area contributed by atoms with E-state index in [9.17, 15) is 18.0 Å². The molecule has 0 unspecified atom stereocenters. The summed E-state index contributed by atoms with van der Waals surface area (Å²) >= 11 is 0. The Morgan fingerprint density at radius 1 is 0.920 bits per heavy atom. The summed E-state index contributed by atoms with van der Waals surface area (Å²) in [4.78, 5) is 44.5. The summed E-state index contributed by atoms with van der Waals surface area (Å²) in [7, 11) is 1.46. The fourth-order valence-corrected chi connectivity index (χ4v) is 6.16. The van der Waals surface area contributed by atoms with Gasteiger partial charge in [-0.15, -0.1) is 0 Å². The summed E-state index contributed by atoms with van der Waals surface area (Å²) in [6.07, 6.45) is 4.30. The third-order valence-electron chi connectivity index (χ3n) is 8.30. The largest absolute Gasteiger partial charge is 0.364 e. The molecular formula is C35H40ClN9O4S. The minimum absolute atomic E-state index is 0.100. The van der Waals surface area contributed by atoms with Gasteiger partial charge in [0.15, 0.2) is 17.0 Å². The number of amides is 2. The van der Waals surface area contributed by atoms with E-state index in [4.69, 9.17) is 20.7 Å². The van der Waals surface area contributed by atoms with Crippen molar-refractivity contribution in [3.63, 3.8) is 0 Å². The Kier molecular flexibility index (Phi) is 11.0. The van der Waals surface area contributed by atoms with E-state index in [0.717, 1.165) is 16.8 Å². The molecule has 50 heavy (non-hydrogen) atoms. The first-order valence-electron chi connectivity index (χ1n) is 16.2. The molecule has 0 fully saturated rings. The second kappa shape index (κ2) is 15.2. The molecule has 13 nitrogen and oxygen atoms in total. The molecule has 0 saturated heterocycles. The van der Waals surface area contributed by atoms with Crippen LogP contribution in [0.3, 0.4) is 0 Å². The second-order valence-electron chi connectivity index (χ2n) is 12.3. The van der Waals surface area contributed by atoms with Gasteiger partial charge in [0.05, 0.1) is 11.2 Å². The number of rotatable bonds is 13. The minimum Gasteiger partial charge on any atom is -0.364 e. The highest BCUT2D eigenvalue weighted by molar-refractivity contribution is 8.13. The van der Waals surface area contributed by atoms with Crippen LogP contribution in [0.15, 0.2) is 72.0 Å². The van der Waals surface area contributed by atoms with Crippen molar-refractivity contribution in [2.75, 3.05) is 16.0 Å². The van der Waals surface area contributed by atoms with Crippen molar-refractivity contribution >= 4 is 60.2 Å². The number of hydrogen-bond donors (Lipinski definition) is 4. The highest BCUT2D eigenvalue weighted by atomic mass is 35.7. The van der Waals surface area contributed by atoms with Gasteiger partial charge < -0.3 is 25.8 Å². The van der Waals surface area contributed by atoms with Crippen LogP contribution < -0.4 is 21.3 Å². The number of nitrogens with one attached hydrogen (secondary N) is 4. The lowest BCUT2D eigenvalue weighted by molar-refractivity contribution is 0.0935. The number of nitrogens with zero attached hydrogens (tertiary/aromatic N) is 5. The number of halogens is 1. The molecule has 0 aliphatic carbocycles. The molecule has 0 aliphatic rings. The van der Waals surface area contributed by atoms with Crippen LogP contribution in [0, 0.1) is 13.8 Å². The maximum atomic E-state index is 13.2. The topological polar surface area (TPSA) is 173 Å². The molecule has 2 aromatic carbocycles. The Balaban J connectivity index is 1.26. The van der Waals surface area contributed by atoms with Gasteiger partial charge in [-0.05, 0) is 107 Å². The van der Waals surface area contributed by atoms with E-state index in [1.807, 2.05) is 37.6 Å². The van der Waals surface area contributed by atoms with Crippen molar-refractivity contribution in [3.8, 4) is 0 Å². The first-order valence-corrected chi connectivity index (χ1v) is 18.5. The first kappa shape index (κ1) is 36.2. The number of aromatic nitrogens is 5. The standard InChI is InChI=1S/C35H40ClN9O4S/c1-7-29(23(6)40-33(46)24-8-12-27(13-9-24)41-34(47)25-10-14-28(15-11-25)50(36,48)49)42-35-43-31(30-32(44-35)45(19-39-30)20(2)3)38-18-26-17-37-22(5)16-21(26)4/h8-17,19-20,23,29H,7,18H2,1-6H3,(H,40,46)(H,41,47)(H2,38,42,43,44)/t23-,29+/m1/s1. The molecule has 5 rings (SSSR count). The summed E-state index contributed by atoms with van der Waals surface area (Å²) < 4.78 is 24.9. The molecule has 15 heteroatoms. The van der Waals surface area contributed by atoms with E-state index in [2.05, 4.69) is 52.0 Å². The molecule has 0 saturated carbocycles. The predicted molar refractivity (Wildman–Crippen MR) is 195 cm³/mol. The van der Waals surface area contributed by atoms with Crippen molar-refractivity contribution in [2.24, 2.45) is 0 Å². The molecule has 4 N–H and O–H groups in total. The molecule has 2 amide bonds. The zero-order chi connectivity index (χ0) is 36.2. The highest BCUT2D eigenvalue weighted by Crippen LogP contribution is 2.25. The Morgan fingerprint density at radius 2 is 1.58 bits per heavy atom. The minimum atomic E-state index is -3.89. The van der Waals surface area contributed by atoms with Gasteiger partial charge in [-0.2, -0.15) is 9.97 Å². The number of pyridine rings is 1. The second-order valence-corrected chi connectivity index (χ2v) is 14.9. The molecular weight excluding hydrogens is 678 g/mol. The van der Waals surface area contributed by atoms with Gasteiger partial charge >= 0.3 is 0 Å². The van der Waals surface area contributed by atoms with Crippen molar-refractivity contribution in [3.05, 3.63) is 95.1 Å². The predicted octanol–water partition coefficient (Wildman–Crippen LogP) is 6.22. The van der Waals surface area contributed by atoms with Gasteiger partial charge in [0.2, 0.25) is 5.95 Å². The van der Waals surface area contributed by atoms with Crippen LogP contribution in [0.5, 0.6) is 0 Å². The number of anilines is 3. The van der Waals surface area contributed by atoms with Gasteiger partial charge in [-0.25, -0.2) is 13.4 Å². The SMILES string of the molecule is CC[C@H](Nc1nc(NCc2cnc(C)cc2C)c2ncn(C(C)C)c2n1)[C@@H](C)NC(=O)c1ccc(NC(=O)c2ccc(S(=O)(=O)Cl)cc2)cc1. The van der Waals surface area contributed by atoms with Crippen LogP contribution in [0.2, 0.25) is 0 Å². The van der Waals surface area contributed by atoms with Crippen LogP contribution in [-0.4, -0.2) is 56.8 Å². The number of hydrogen-bond acceptors (Lipinski definition) is 10. The molecule has 0 aliphatic heterocycles. The van der Waals surface area contributed by atoms with E-state index in [-0.39, 0.29) is 34.5 Å². The lowest BCUT2D eigenvalue weighted by atomic mass is 10.1. The lowest BCUT2D eigenvalue weighted by Crippen LogP contribution is -2.44. The van der Waals surface area contributed by atoms with Crippen molar-refractivity contribution in [1.29, 1.82) is 0 Å². The fourth-order valence-electron chi connectivity index (χ4n) is 5.39. The van der Waals surface area contributed by atoms with Crippen molar-refractivity contribution in [1.82, 2.24) is 29.8 Å². The van der Waals surface area contributed by atoms with Crippen LogP contribution >= 0.6 is 10.7 Å². The van der Waals surface area contributed by atoms with Crippen molar-refractivity contribution in [2.45, 2.75) is 77.5 Å². The van der Waals surface area contributed by atoms with E-state index < -0.39 is 15.0 Å². The van der Waals surface area contributed by atoms with Crippen LogP contribution in [0.1, 0.15) is 77.7 Å². The summed E-state index contributed by atoms with van der Waals surface area (Å²) in [5.41, 5.74) is 5.62. The number of carbonyl (C=O) groups excluding carboxylic acids is 2. The summed E-state index contributed by atoms with van der Waals surface area (Å²) in [5.74, 6) is 0.278. The average molecular weight is 718 g/mol. The number of carbonyl (C=O) groups is 2. The Hall–Kier alpha value is -5.08. The summed E-state index contributed by atoms with van der Waals surface area (Å²) in [6, 6.07) is 13.4. The van der Waals surface area contributed by atoms with Gasteiger partial charge in [0, 0.05) is 64.1 Å². The Morgan fingerprint density at radius 3 is 2.20 bits per heavy atom. The number of benzene rings is 2. The molecule has 3 heterocycles. The van der Waals surface area contributed by atoms with Gasteiger partial charge in [-0.1, -0.05) is 6.92 Å². The number of imidazole rings is 1. The smallest absolute Gasteiger partial charge is 0.261 e. The third kappa shape index (κ3) is 8.55. The zero-order valence-corrected chi connectivity index (χ0v) is 30.2. The van der Waals surface area contributed by atoms with Gasteiger partial charge in [0.25, 0.3) is 20.9 Å². The summed E-state index contributed by atoms with van der Waals surface area (Å²) in [5, 5.41) is 12.7. The maximum absolute atomic E-state index is 13.2. The molecule has 3 aromatic heterocycles. The number of fused-ring (bicyclic) bond motifs is 1. The normalized spacial score (nSPS) is 12.8. The fraction of sp³-hybridized carbons (Fsp3) is 0.314. The number of aryl methyl sites for hydroxylation is 2. The molecule has 0 radical (unpaired) electrons. The Labute approximate surface area is 295 Å². The molecule has 262 valence electrons. The highest BCUT2D eigenvalue weighted by Gasteiger charge is 2.22. The molecule has 0 spiro atoms. The van der Waals surface area contributed by atoms with Crippen LogP contribution in [0.25, 0.3) is 11.2 Å². The maximum Gasteiger partial charge on any atom is 0.261 e. The molecule has 2 atom stereocenters. The Bertz CT molecular complexity index is 2120. The lowest BCUT2D eigenvalue weighted by Gasteiger charge is -2.25. The monoisotopic (exact) mass is 717 g/mol. The van der Waals surface area contributed by atoms with Gasteiger partial charge in [-0.3, -0.25) is 14.6 Å². The molecule has 5 aromatic rings. The first-order chi connectivity index (χ1) is 23.7. The zero-order valence-electron chi connectivity index (χ0n) is 28.7. The van der Waals surface area contributed by atoms with E-state index >= 15 is 0 Å². The third-order valence-corrected chi connectivity index (χ3v) is 9.67. The van der Waals surface area contributed by atoms with Crippen LogP contribution in [-0.2, 0) is 15.6 Å². The van der Waals surface area contributed by atoms with Crippen molar-refractivity contribution < 1.29 is 18.0 Å². The van der Waals surface area contributed by atoms with E-state index in [0.29, 0.717) is 47.1 Å². The quantitative estimate of drug-likeness (QED) is 0.102. The average Bonchev–Trinajstić information content (AvgIpc) is 3.51. The van der Waals surface area contributed by atoms with E-state index in [1.54, 1.807) is 30.6 Å². The van der Waals surface area contributed by atoms with Crippen LogP contribution in [0.4, 0.5) is 17.5 Å². The summed E-state index contributed by atoms with van der Waals surface area (Å²) in [6.45, 7) is 12.6.